The van der Waals surface area contributed by atoms with Crippen molar-refractivity contribution >= 4 is 11.6 Å². The van der Waals surface area contributed by atoms with E-state index in [0.29, 0.717) is 19.6 Å². The number of rotatable bonds is 10. The first kappa shape index (κ1) is 20.5. The van der Waals surface area contributed by atoms with Gasteiger partial charge in [0.25, 0.3) is 0 Å². The number of piperazine rings is 1. The fraction of sp³-hybridized carbons (Fsp3) is 0.895. The summed E-state index contributed by atoms with van der Waals surface area (Å²) in [5.74, 6) is 1.23. The summed E-state index contributed by atoms with van der Waals surface area (Å²) in [6.45, 7) is 13.8. The Bertz CT molecular complexity index is 414. The highest BCUT2D eigenvalue weighted by atomic mass is 16.5. The first-order valence-corrected chi connectivity index (χ1v) is 9.82. The van der Waals surface area contributed by atoms with Gasteiger partial charge in [-0.3, -0.25) is 19.4 Å². The quantitative estimate of drug-likeness (QED) is 0.544. The minimum Gasteiger partial charge on any atom is -0.372 e. The summed E-state index contributed by atoms with van der Waals surface area (Å²) in [4.78, 5) is 29.7. The lowest BCUT2D eigenvalue weighted by Crippen LogP contribution is -2.49. The molecule has 144 valence electrons. The Morgan fingerprint density at radius 3 is 2.20 bits per heavy atom. The zero-order valence-corrected chi connectivity index (χ0v) is 16.0. The van der Waals surface area contributed by atoms with Crippen molar-refractivity contribution < 1.29 is 14.3 Å². The predicted molar refractivity (Wildman–Crippen MR) is 98.8 cm³/mol. The molecule has 0 amide bonds. The molecule has 0 saturated carbocycles. The van der Waals surface area contributed by atoms with E-state index in [2.05, 4.69) is 14.7 Å². The molecule has 6 heteroatoms. The van der Waals surface area contributed by atoms with Gasteiger partial charge in [0.1, 0.15) is 12.4 Å². The number of likely N-dealkylation sites (tertiary alicyclic amines) is 1. The van der Waals surface area contributed by atoms with Gasteiger partial charge in [0, 0.05) is 45.7 Å². The minimum atomic E-state index is 0.180. The molecule has 6 nitrogen and oxygen atoms in total. The molecule has 0 aromatic carbocycles. The summed E-state index contributed by atoms with van der Waals surface area (Å²) in [5.41, 5.74) is 0. The van der Waals surface area contributed by atoms with Crippen LogP contribution in [0.4, 0.5) is 0 Å². The van der Waals surface area contributed by atoms with Crippen molar-refractivity contribution in [2.75, 3.05) is 72.1 Å². The molecule has 0 radical (unpaired) electrons. The van der Waals surface area contributed by atoms with E-state index in [1.54, 1.807) is 6.92 Å². The van der Waals surface area contributed by atoms with E-state index in [-0.39, 0.29) is 18.2 Å². The third-order valence-corrected chi connectivity index (χ3v) is 5.34. The fourth-order valence-corrected chi connectivity index (χ4v) is 3.68. The standard InChI is InChI=1S/C19H35N3O3/c1-3-19(24)16-25-13-12-20-8-10-22(11-9-20)15-18-4-6-21(7-5-18)14-17(2)23/h18H,3-16H2,1-2H3. The zero-order chi connectivity index (χ0) is 18.1. The summed E-state index contributed by atoms with van der Waals surface area (Å²) < 4.78 is 5.44. The number of hydrogen-bond acceptors (Lipinski definition) is 6. The van der Waals surface area contributed by atoms with Crippen molar-refractivity contribution in [1.29, 1.82) is 0 Å². The summed E-state index contributed by atoms with van der Waals surface area (Å²) in [6, 6.07) is 0. The molecule has 2 aliphatic heterocycles. The molecule has 0 bridgehead atoms. The SMILES string of the molecule is CCC(=O)COCCN1CCN(CC2CCN(CC(C)=O)CC2)CC1. The van der Waals surface area contributed by atoms with Crippen molar-refractivity contribution in [3.63, 3.8) is 0 Å². The second kappa shape index (κ2) is 11.0. The third-order valence-electron chi connectivity index (χ3n) is 5.34. The van der Waals surface area contributed by atoms with Crippen LogP contribution in [0.3, 0.4) is 0 Å². The smallest absolute Gasteiger partial charge is 0.158 e. The first-order valence-electron chi connectivity index (χ1n) is 9.82. The van der Waals surface area contributed by atoms with E-state index >= 15 is 0 Å². The molecule has 0 spiro atoms. The van der Waals surface area contributed by atoms with E-state index in [9.17, 15) is 9.59 Å². The van der Waals surface area contributed by atoms with Crippen LogP contribution < -0.4 is 0 Å². The van der Waals surface area contributed by atoms with E-state index in [4.69, 9.17) is 4.74 Å². The van der Waals surface area contributed by atoms with E-state index in [1.165, 1.54) is 19.4 Å². The maximum absolute atomic E-state index is 11.2. The van der Waals surface area contributed by atoms with Crippen LogP contribution in [0.2, 0.25) is 0 Å². The van der Waals surface area contributed by atoms with Gasteiger partial charge in [-0.15, -0.1) is 0 Å². The largest absolute Gasteiger partial charge is 0.372 e. The molecular formula is C19H35N3O3. The molecule has 2 saturated heterocycles. The zero-order valence-electron chi connectivity index (χ0n) is 16.0. The average molecular weight is 354 g/mol. The molecule has 0 aliphatic carbocycles. The van der Waals surface area contributed by atoms with Crippen molar-refractivity contribution in [2.45, 2.75) is 33.1 Å². The van der Waals surface area contributed by atoms with Gasteiger partial charge in [0.05, 0.1) is 13.2 Å². The maximum atomic E-state index is 11.2. The molecule has 2 fully saturated rings. The third kappa shape index (κ3) is 7.94. The van der Waals surface area contributed by atoms with Gasteiger partial charge in [-0.25, -0.2) is 0 Å². The molecule has 0 aromatic heterocycles. The molecular weight excluding hydrogens is 318 g/mol. The van der Waals surface area contributed by atoms with Gasteiger partial charge in [0.15, 0.2) is 5.78 Å². The number of ether oxygens (including phenoxy) is 1. The summed E-state index contributed by atoms with van der Waals surface area (Å²) in [7, 11) is 0. The van der Waals surface area contributed by atoms with Gasteiger partial charge in [-0.1, -0.05) is 6.92 Å². The Hall–Kier alpha value is -0.820. The highest BCUT2D eigenvalue weighted by molar-refractivity contribution is 5.79. The monoisotopic (exact) mass is 353 g/mol. The Balaban J connectivity index is 1.54. The van der Waals surface area contributed by atoms with Crippen LogP contribution in [-0.2, 0) is 14.3 Å². The molecule has 2 aliphatic rings. The fourth-order valence-electron chi connectivity index (χ4n) is 3.68. The molecule has 2 rings (SSSR count). The topological polar surface area (TPSA) is 53.1 Å². The van der Waals surface area contributed by atoms with Gasteiger partial charge in [-0.05, 0) is 38.8 Å². The van der Waals surface area contributed by atoms with Crippen LogP contribution in [-0.4, -0.2) is 98.4 Å². The van der Waals surface area contributed by atoms with Gasteiger partial charge in [0.2, 0.25) is 0 Å². The number of piperidine rings is 1. The van der Waals surface area contributed by atoms with Crippen LogP contribution in [0.1, 0.15) is 33.1 Å². The number of carbonyl (C=O) groups excluding carboxylic acids is 2. The second-order valence-electron chi connectivity index (χ2n) is 7.51. The Kier molecular flexibility index (Phi) is 9.03. The maximum Gasteiger partial charge on any atom is 0.158 e. The van der Waals surface area contributed by atoms with Gasteiger partial charge >= 0.3 is 0 Å². The van der Waals surface area contributed by atoms with Crippen LogP contribution in [0.5, 0.6) is 0 Å². The predicted octanol–water partition coefficient (Wildman–Crippen LogP) is 0.901. The number of ketones is 2. The number of hydrogen-bond donors (Lipinski definition) is 0. The van der Waals surface area contributed by atoms with E-state index < -0.39 is 0 Å². The highest BCUT2D eigenvalue weighted by Gasteiger charge is 2.24. The van der Waals surface area contributed by atoms with Gasteiger partial charge in [-0.2, -0.15) is 0 Å². The highest BCUT2D eigenvalue weighted by Crippen LogP contribution is 2.19. The van der Waals surface area contributed by atoms with Crippen molar-refractivity contribution in [2.24, 2.45) is 5.92 Å². The minimum absolute atomic E-state index is 0.180. The molecule has 2 heterocycles. The van der Waals surface area contributed by atoms with E-state index in [0.717, 1.165) is 51.7 Å². The Morgan fingerprint density at radius 1 is 0.960 bits per heavy atom. The molecule has 0 N–H and O–H groups in total. The first-order chi connectivity index (χ1) is 12.1. The lowest BCUT2D eigenvalue weighted by molar-refractivity contribution is -0.123. The number of carbonyl (C=O) groups is 2. The van der Waals surface area contributed by atoms with Crippen LogP contribution in [0.25, 0.3) is 0 Å². The van der Waals surface area contributed by atoms with Crippen LogP contribution in [0.15, 0.2) is 0 Å². The summed E-state index contributed by atoms with van der Waals surface area (Å²) >= 11 is 0. The molecule has 0 atom stereocenters. The Morgan fingerprint density at radius 2 is 1.60 bits per heavy atom. The Labute approximate surface area is 152 Å². The lowest BCUT2D eigenvalue weighted by Gasteiger charge is -2.38. The summed E-state index contributed by atoms with van der Waals surface area (Å²) in [5, 5.41) is 0. The molecule has 0 aromatic rings. The number of nitrogens with zero attached hydrogens (tertiary/aromatic N) is 3. The van der Waals surface area contributed by atoms with Crippen molar-refractivity contribution in [3.05, 3.63) is 0 Å². The number of Topliss-reactive ketones (excluding diaryl/α,β-unsaturated/α-hetero) is 2. The second-order valence-corrected chi connectivity index (χ2v) is 7.51. The molecule has 0 unspecified atom stereocenters. The normalized spacial score (nSPS) is 21.5. The van der Waals surface area contributed by atoms with Crippen LogP contribution in [0, 0.1) is 5.92 Å². The summed E-state index contributed by atoms with van der Waals surface area (Å²) in [6.07, 6.45) is 2.99. The average Bonchev–Trinajstić information content (AvgIpc) is 2.61. The van der Waals surface area contributed by atoms with Gasteiger partial charge < -0.3 is 9.64 Å². The van der Waals surface area contributed by atoms with Crippen molar-refractivity contribution in [1.82, 2.24) is 14.7 Å². The lowest BCUT2D eigenvalue weighted by atomic mass is 9.96. The van der Waals surface area contributed by atoms with E-state index in [1.807, 2.05) is 6.92 Å². The molecule has 25 heavy (non-hydrogen) atoms. The van der Waals surface area contributed by atoms with Crippen LogP contribution >= 0.6 is 0 Å². The van der Waals surface area contributed by atoms with Crippen molar-refractivity contribution in [3.8, 4) is 0 Å².